The van der Waals surface area contributed by atoms with Gasteiger partial charge in [0.15, 0.2) is 6.29 Å². The number of benzene rings is 1. The van der Waals surface area contributed by atoms with Gasteiger partial charge in [0.1, 0.15) is 0 Å². The van der Waals surface area contributed by atoms with Crippen molar-refractivity contribution >= 4 is 5.69 Å². The molecule has 2 atom stereocenters. The summed E-state index contributed by atoms with van der Waals surface area (Å²) in [5.41, 5.74) is 6.42. The van der Waals surface area contributed by atoms with Crippen molar-refractivity contribution in [1.82, 2.24) is 0 Å². The summed E-state index contributed by atoms with van der Waals surface area (Å²) in [6.45, 7) is 0.891. The molecule has 0 spiro atoms. The Bertz CT molecular complexity index is 410. The number of rotatable bonds is 2. The van der Waals surface area contributed by atoms with Crippen molar-refractivity contribution in [2.75, 3.05) is 13.2 Å². The molecule has 2 rings (SSSR count). The molecule has 6 nitrogen and oxygen atoms in total. The van der Waals surface area contributed by atoms with E-state index >= 15 is 0 Å². The molecule has 6 heteroatoms. The highest BCUT2D eigenvalue weighted by molar-refractivity contribution is 5.34. The van der Waals surface area contributed by atoms with Crippen molar-refractivity contribution in [2.24, 2.45) is 5.73 Å². The molecular weight excluding hydrogens is 224 g/mol. The van der Waals surface area contributed by atoms with E-state index in [2.05, 4.69) is 0 Å². The number of ether oxygens (including phenoxy) is 2. The molecular formula is C11H14N2O4. The molecule has 1 aliphatic rings. The van der Waals surface area contributed by atoms with Crippen LogP contribution in [0.3, 0.4) is 0 Å². The molecule has 92 valence electrons. The lowest BCUT2D eigenvalue weighted by Crippen LogP contribution is -2.25. The highest BCUT2D eigenvalue weighted by atomic mass is 16.7. The molecule has 1 aromatic carbocycles. The predicted octanol–water partition coefficient (Wildman–Crippen LogP) is 1.36. The molecule has 0 bridgehead atoms. The second kappa shape index (κ2) is 5.22. The van der Waals surface area contributed by atoms with Crippen LogP contribution in [0, 0.1) is 10.1 Å². The summed E-state index contributed by atoms with van der Waals surface area (Å²) in [6, 6.07) is 6.21. The molecule has 1 aliphatic heterocycles. The first kappa shape index (κ1) is 12.0. The van der Waals surface area contributed by atoms with Crippen LogP contribution in [-0.2, 0) is 9.47 Å². The van der Waals surface area contributed by atoms with Gasteiger partial charge in [0.05, 0.1) is 18.1 Å². The Morgan fingerprint density at radius 1 is 1.41 bits per heavy atom. The van der Waals surface area contributed by atoms with E-state index in [1.54, 1.807) is 12.1 Å². The molecule has 1 heterocycles. The van der Waals surface area contributed by atoms with Crippen LogP contribution >= 0.6 is 0 Å². The van der Waals surface area contributed by atoms with Gasteiger partial charge < -0.3 is 15.2 Å². The first-order chi connectivity index (χ1) is 8.16. The highest BCUT2D eigenvalue weighted by Gasteiger charge is 2.20. The summed E-state index contributed by atoms with van der Waals surface area (Å²) in [6.07, 6.45) is 0.161. The highest BCUT2D eigenvalue weighted by Crippen LogP contribution is 2.25. The summed E-state index contributed by atoms with van der Waals surface area (Å²) < 4.78 is 10.9. The van der Waals surface area contributed by atoms with E-state index < -0.39 is 11.2 Å². The Morgan fingerprint density at radius 2 is 2.24 bits per heavy atom. The number of nitro benzene ring substituents is 1. The molecule has 1 aromatic rings. The lowest BCUT2D eigenvalue weighted by Gasteiger charge is -2.15. The summed E-state index contributed by atoms with van der Waals surface area (Å²) >= 11 is 0. The summed E-state index contributed by atoms with van der Waals surface area (Å²) in [7, 11) is 0. The minimum atomic E-state index is -0.566. The van der Waals surface area contributed by atoms with Gasteiger partial charge in [-0.25, -0.2) is 0 Å². The largest absolute Gasteiger partial charge is 0.348 e. The molecule has 0 amide bonds. The first-order valence-electron chi connectivity index (χ1n) is 5.40. The van der Waals surface area contributed by atoms with E-state index in [4.69, 9.17) is 15.2 Å². The number of nitrogens with two attached hydrogens (primary N) is 1. The van der Waals surface area contributed by atoms with Gasteiger partial charge in [-0.15, -0.1) is 0 Å². The average molecular weight is 238 g/mol. The molecule has 0 aromatic heterocycles. The normalized spacial score (nSPS) is 25.2. The first-order valence-corrected chi connectivity index (χ1v) is 5.40. The Labute approximate surface area is 98.5 Å². The van der Waals surface area contributed by atoms with Crippen molar-refractivity contribution in [1.29, 1.82) is 0 Å². The van der Waals surface area contributed by atoms with Crippen molar-refractivity contribution < 1.29 is 14.4 Å². The van der Waals surface area contributed by atoms with Gasteiger partial charge in [0.25, 0.3) is 5.69 Å². The fraction of sp³-hybridized carbons (Fsp3) is 0.455. The minimum absolute atomic E-state index is 0.0308. The monoisotopic (exact) mass is 238 g/mol. The van der Waals surface area contributed by atoms with E-state index in [9.17, 15) is 10.1 Å². The quantitative estimate of drug-likeness (QED) is 0.620. The van der Waals surface area contributed by atoms with Crippen LogP contribution in [0.5, 0.6) is 0 Å². The molecule has 0 radical (unpaired) electrons. The minimum Gasteiger partial charge on any atom is -0.348 e. The van der Waals surface area contributed by atoms with Gasteiger partial charge in [-0.2, -0.15) is 0 Å². The van der Waals surface area contributed by atoms with Crippen molar-refractivity contribution in [3.8, 4) is 0 Å². The molecule has 1 saturated heterocycles. The summed E-state index contributed by atoms with van der Waals surface area (Å²) in [5, 5.41) is 10.7. The van der Waals surface area contributed by atoms with Crippen molar-refractivity contribution in [3.05, 3.63) is 39.9 Å². The summed E-state index contributed by atoms with van der Waals surface area (Å²) in [5.74, 6) is 0. The van der Waals surface area contributed by atoms with Gasteiger partial charge >= 0.3 is 0 Å². The lowest BCUT2D eigenvalue weighted by molar-refractivity contribution is -0.385. The molecule has 0 unspecified atom stereocenters. The number of non-ortho nitro benzene ring substituents is 1. The van der Waals surface area contributed by atoms with E-state index in [1.807, 2.05) is 0 Å². The predicted molar refractivity (Wildman–Crippen MR) is 60.3 cm³/mol. The fourth-order valence-electron chi connectivity index (χ4n) is 1.65. The molecule has 0 saturated carbocycles. The van der Waals surface area contributed by atoms with Gasteiger partial charge in [-0.05, 0) is 6.42 Å². The average Bonchev–Trinajstić information content (AvgIpc) is 2.54. The number of nitro groups is 1. The van der Waals surface area contributed by atoms with Gasteiger partial charge in [0.2, 0.25) is 0 Å². The SMILES string of the molecule is N[C@H]1CCO[C@@H](c2cccc([N+](=O)[O-])c2)OC1. The van der Waals surface area contributed by atoms with Crippen LogP contribution in [-0.4, -0.2) is 24.2 Å². The van der Waals surface area contributed by atoms with Gasteiger partial charge in [-0.3, -0.25) is 10.1 Å². The smallest absolute Gasteiger partial charge is 0.269 e. The lowest BCUT2D eigenvalue weighted by atomic mass is 10.2. The molecule has 0 aliphatic carbocycles. The third-order valence-corrected chi connectivity index (χ3v) is 2.57. The third kappa shape index (κ3) is 3.00. The zero-order valence-electron chi connectivity index (χ0n) is 9.24. The topological polar surface area (TPSA) is 87.6 Å². The van der Waals surface area contributed by atoms with Crippen LogP contribution in [0.15, 0.2) is 24.3 Å². The number of nitrogens with zero attached hydrogens (tertiary/aromatic N) is 1. The van der Waals surface area contributed by atoms with Crippen LogP contribution in [0.2, 0.25) is 0 Å². The molecule has 1 fully saturated rings. The van der Waals surface area contributed by atoms with Crippen LogP contribution in [0.25, 0.3) is 0 Å². The standard InChI is InChI=1S/C11H14N2O4/c12-9-4-5-16-11(17-7-9)8-2-1-3-10(6-8)13(14)15/h1-3,6,9,11H,4-5,7,12H2/t9-,11+/m0/s1. The Hall–Kier alpha value is -1.50. The zero-order valence-corrected chi connectivity index (χ0v) is 9.24. The van der Waals surface area contributed by atoms with E-state index in [0.29, 0.717) is 18.8 Å². The van der Waals surface area contributed by atoms with Crippen LogP contribution in [0.1, 0.15) is 18.3 Å². The van der Waals surface area contributed by atoms with Crippen molar-refractivity contribution in [3.63, 3.8) is 0 Å². The Morgan fingerprint density at radius 3 is 3.00 bits per heavy atom. The number of hydrogen-bond donors (Lipinski definition) is 1. The maximum Gasteiger partial charge on any atom is 0.269 e. The fourth-order valence-corrected chi connectivity index (χ4v) is 1.65. The van der Waals surface area contributed by atoms with Gasteiger partial charge in [0, 0.05) is 23.7 Å². The third-order valence-electron chi connectivity index (χ3n) is 2.57. The maximum absolute atomic E-state index is 10.7. The van der Waals surface area contributed by atoms with E-state index in [1.165, 1.54) is 12.1 Å². The number of hydrogen-bond acceptors (Lipinski definition) is 5. The van der Waals surface area contributed by atoms with Gasteiger partial charge in [-0.1, -0.05) is 12.1 Å². The second-order valence-corrected chi connectivity index (χ2v) is 3.94. The maximum atomic E-state index is 10.7. The summed E-state index contributed by atoms with van der Waals surface area (Å²) in [4.78, 5) is 10.2. The van der Waals surface area contributed by atoms with Crippen LogP contribution in [0.4, 0.5) is 5.69 Å². The zero-order chi connectivity index (χ0) is 12.3. The molecule has 17 heavy (non-hydrogen) atoms. The Kier molecular flexibility index (Phi) is 3.68. The van der Waals surface area contributed by atoms with Crippen LogP contribution < -0.4 is 5.73 Å². The van der Waals surface area contributed by atoms with E-state index in [0.717, 1.165) is 6.42 Å². The van der Waals surface area contributed by atoms with E-state index in [-0.39, 0.29) is 11.7 Å². The Balaban J connectivity index is 2.15. The molecule has 2 N–H and O–H groups in total. The second-order valence-electron chi connectivity index (χ2n) is 3.94. The van der Waals surface area contributed by atoms with Crippen molar-refractivity contribution in [2.45, 2.75) is 18.8 Å².